The predicted molar refractivity (Wildman–Crippen MR) is 86.5 cm³/mol. The number of nitrogens with one attached hydrogen (secondary N) is 1. The topological polar surface area (TPSA) is 54.7 Å². The first-order valence-corrected chi connectivity index (χ1v) is 7.29. The lowest BCUT2D eigenvalue weighted by molar-refractivity contribution is 0.631. The number of anilines is 1. The number of H-pyrrole nitrogens is 1. The lowest BCUT2D eigenvalue weighted by Gasteiger charge is -2.07. The molecule has 21 heavy (non-hydrogen) atoms. The summed E-state index contributed by atoms with van der Waals surface area (Å²) in [5.74, 6) is -0.107. The minimum atomic E-state index is -0.352. The highest BCUT2D eigenvalue weighted by molar-refractivity contribution is 9.10. The van der Waals surface area contributed by atoms with Gasteiger partial charge in [0.15, 0.2) is 5.82 Å². The van der Waals surface area contributed by atoms with Gasteiger partial charge in [-0.1, -0.05) is 35.9 Å². The van der Waals surface area contributed by atoms with Crippen molar-refractivity contribution in [2.45, 2.75) is 0 Å². The first-order valence-electron chi connectivity index (χ1n) is 6.12. The van der Waals surface area contributed by atoms with Gasteiger partial charge in [0, 0.05) is 15.6 Å². The smallest absolute Gasteiger partial charge is 0.153 e. The van der Waals surface area contributed by atoms with Gasteiger partial charge in [0.1, 0.15) is 5.82 Å². The standard InChI is InChI=1S/C15H10BrClFN3/c16-10-6-5-8(7-11(10)17)14-13(15(19)21-20-14)9-3-1-2-4-12(9)18/h1-7H,(H3,19,20,21). The lowest BCUT2D eigenvalue weighted by atomic mass is 10.0. The zero-order valence-corrected chi connectivity index (χ0v) is 13.0. The molecule has 3 N–H and O–H groups in total. The number of hydrogen-bond acceptors (Lipinski definition) is 2. The van der Waals surface area contributed by atoms with Crippen molar-refractivity contribution in [3.05, 3.63) is 57.8 Å². The number of rotatable bonds is 2. The number of halogens is 3. The van der Waals surface area contributed by atoms with Crippen LogP contribution in [0.15, 0.2) is 46.9 Å². The molecule has 0 radical (unpaired) electrons. The molecule has 0 saturated carbocycles. The fourth-order valence-corrected chi connectivity index (χ4v) is 2.58. The van der Waals surface area contributed by atoms with E-state index in [1.807, 2.05) is 12.1 Å². The molecule has 0 aliphatic carbocycles. The van der Waals surface area contributed by atoms with E-state index in [1.54, 1.807) is 24.3 Å². The van der Waals surface area contributed by atoms with Gasteiger partial charge in [-0.05, 0) is 34.1 Å². The summed E-state index contributed by atoms with van der Waals surface area (Å²) in [7, 11) is 0. The summed E-state index contributed by atoms with van der Waals surface area (Å²) in [6.45, 7) is 0. The molecule has 0 fully saturated rings. The second-order valence-electron chi connectivity index (χ2n) is 4.47. The van der Waals surface area contributed by atoms with Gasteiger partial charge in [-0.25, -0.2) is 4.39 Å². The number of nitrogens with zero attached hydrogens (tertiary/aromatic N) is 1. The Morgan fingerprint density at radius 1 is 1.19 bits per heavy atom. The third kappa shape index (κ3) is 2.54. The van der Waals surface area contributed by atoms with Crippen molar-refractivity contribution >= 4 is 33.3 Å². The van der Waals surface area contributed by atoms with Gasteiger partial charge >= 0.3 is 0 Å². The van der Waals surface area contributed by atoms with Gasteiger partial charge in [-0.3, -0.25) is 5.10 Å². The number of benzene rings is 2. The van der Waals surface area contributed by atoms with E-state index in [2.05, 4.69) is 26.1 Å². The van der Waals surface area contributed by atoms with Gasteiger partial charge in [0.05, 0.1) is 16.3 Å². The molecule has 0 amide bonds. The maximum atomic E-state index is 14.0. The number of aromatic nitrogens is 2. The van der Waals surface area contributed by atoms with Crippen LogP contribution in [0.3, 0.4) is 0 Å². The Kier molecular flexibility index (Phi) is 3.69. The Morgan fingerprint density at radius 3 is 2.67 bits per heavy atom. The Bertz CT molecular complexity index is 816. The van der Waals surface area contributed by atoms with Crippen molar-refractivity contribution in [3.8, 4) is 22.4 Å². The Morgan fingerprint density at radius 2 is 1.95 bits per heavy atom. The monoisotopic (exact) mass is 365 g/mol. The van der Waals surface area contributed by atoms with E-state index in [1.165, 1.54) is 6.07 Å². The molecule has 3 aromatic rings. The molecule has 1 aromatic heterocycles. The largest absolute Gasteiger partial charge is 0.382 e. The molecule has 0 saturated heterocycles. The minimum Gasteiger partial charge on any atom is -0.382 e. The van der Waals surface area contributed by atoms with Gasteiger partial charge in [-0.15, -0.1) is 0 Å². The zero-order chi connectivity index (χ0) is 15.0. The first-order chi connectivity index (χ1) is 10.1. The quantitative estimate of drug-likeness (QED) is 0.679. The molecule has 3 rings (SSSR count). The van der Waals surface area contributed by atoms with Crippen LogP contribution >= 0.6 is 27.5 Å². The molecule has 0 aliphatic heterocycles. The molecule has 1 heterocycles. The van der Waals surface area contributed by atoms with Crippen LogP contribution in [-0.4, -0.2) is 10.2 Å². The van der Waals surface area contributed by atoms with Gasteiger partial charge in [0.25, 0.3) is 0 Å². The van der Waals surface area contributed by atoms with Crippen LogP contribution in [0.2, 0.25) is 5.02 Å². The average Bonchev–Trinajstić information content (AvgIpc) is 2.84. The molecule has 3 nitrogen and oxygen atoms in total. The van der Waals surface area contributed by atoms with Crippen molar-refractivity contribution in [1.29, 1.82) is 0 Å². The van der Waals surface area contributed by atoms with Gasteiger partial charge in [-0.2, -0.15) is 5.10 Å². The summed E-state index contributed by atoms with van der Waals surface area (Å²) in [6.07, 6.45) is 0. The van der Waals surface area contributed by atoms with Gasteiger partial charge in [0.2, 0.25) is 0 Å². The molecular formula is C15H10BrClFN3. The Hall–Kier alpha value is -1.85. The predicted octanol–water partition coefficient (Wildman–Crippen LogP) is 4.88. The van der Waals surface area contributed by atoms with Crippen LogP contribution in [0, 0.1) is 5.82 Å². The summed E-state index contributed by atoms with van der Waals surface area (Å²) in [5.41, 5.74) is 8.25. The Balaban J connectivity index is 2.22. The Labute approximate surface area is 134 Å². The van der Waals surface area contributed by atoms with E-state index in [-0.39, 0.29) is 11.6 Å². The summed E-state index contributed by atoms with van der Waals surface area (Å²) in [4.78, 5) is 0. The van der Waals surface area contributed by atoms with Crippen molar-refractivity contribution in [3.63, 3.8) is 0 Å². The normalized spacial score (nSPS) is 10.8. The summed E-state index contributed by atoms with van der Waals surface area (Å²) in [6, 6.07) is 11.9. The summed E-state index contributed by atoms with van der Waals surface area (Å²) < 4.78 is 14.8. The summed E-state index contributed by atoms with van der Waals surface area (Å²) in [5, 5.41) is 7.40. The number of nitrogens with two attached hydrogens (primary N) is 1. The van der Waals surface area contributed by atoms with Crippen molar-refractivity contribution in [1.82, 2.24) is 10.2 Å². The van der Waals surface area contributed by atoms with E-state index in [9.17, 15) is 4.39 Å². The second-order valence-corrected chi connectivity index (χ2v) is 5.73. The fourth-order valence-electron chi connectivity index (χ4n) is 2.15. The number of hydrogen-bond donors (Lipinski definition) is 2. The van der Waals surface area contributed by atoms with Crippen LogP contribution in [0.25, 0.3) is 22.4 Å². The van der Waals surface area contributed by atoms with Crippen LogP contribution < -0.4 is 5.73 Å². The lowest BCUT2D eigenvalue weighted by Crippen LogP contribution is -1.91. The molecular weight excluding hydrogens is 357 g/mol. The number of nitrogen functional groups attached to an aromatic ring is 1. The third-order valence-corrected chi connectivity index (χ3v) is 4.38. The molecule has 2 aromatic carbocycles. The number of aromatic amines is 1. The van der Waals surface area contributed by atoms with E-state index >= 15 is 0 Å². The van der Waals surface area contributed by atoms with Crippen LogP contribution in [-0.2, 0) is 0 Å². The van der Waals surface area contributed by atoms with E-state index < -0.39 is 0 Å². The van der Waals surface area contributed by atoms with Crippen LogP contribution in [0.4, 0.5) is 10.2 Å². The van der Waals surface area contributed by atoms with E-state index in [0.717, 1.165) is 10.0 Å². The molecule has 0 aliphatic rings. The van der Waals surface area contributed by atoms with Crippen molar-refractivity contribution in [2.24, 2.45) is 0 Å². The molecule has 6 heteroatoms. The van der Waals surface area contributed by atoms with E-state index in [0.29, 0.717) is 21.8 Å². The van der Waals surface area contributed by atoms with Crippen LogP contribution in [0.5, 0.6) is 0 Å². The maximum absolute atomic E-state index is 14.0. The highest BCUT2D eigenvalue weighted by Gasteiger charge is 2.18. The second kappa shape index (κ2) is 5.50. The minimum absolute atomic E-state index is 0.245. The first kappa shape index (κ1) is 14.1. The fraction of sp³-hybridized carbons (Fsp3) is 0. The SMILES string of the molecule is Nc1n[nH]c(-c2ccc(Br)c(Cl)c2)c1-c1ccccc1F. The molecule has 106 valence electrons. The molecule has 0 unspecified atom stereocenters. The van der Waals surface area contributed by atoms with E-state index in [4.69, 9.17) is 17.3 Å². The zero-order valence-electron chi connectivity index (χ0n) is 10.7. The van der Waals surface area contributed by atoms with Crippen molar-refractivity contribution in [2.75, 3.05) is 5.73 Å². The van der Waals surface area contributed by atoms with Crippen LogP contribution in [0.1, 0.15) is 0 Å². The highest BCUT2D eigenvalue weighted by Crippen LogP contribution is 2.37. The maximum Gasteiger partial charge on any atom is 0.153 e. The molecule has 0 bridgehead atoms. The molecule has 0 spiro atoms. The van der Waals surface area contributed by atoms with Crippen molar-refractivity contribution < 1.29 is 4.39 Å². The highest BCUT2D eigenvalue weighted by atomic mass is 79.9. The average molecular weight is 367 g/mol. The summed E-state index contributed by atoms with van der Waals surface area (Å²) >= 11 is 9.45. The van der Waals surface area contributed by atoms with Gasteiger partial charge < -0.3 is 5.73 Å². The third-order valence-electron chi connectivity index (χ3n) is 3.15. The molecule has 0 atom stereocenters.